The summed E-state index contributed by atoms with van der Waals surface area (Å²) in [5, 5.41) is 3.69. The number of amides is 2. The second kappa shape index (κ2) is 12.1. The lowest BCUT2D eigenvalue weighted by molar-refractivity contribution is 0.0351. The summed E-state index contributed by atoms with van der Waals surface area (Å²) in [6.07, 6.45) is 4.52. The van der Waals surface area contributed by atoms with Crippen LogP contribution in [0.2, 0.25) is 0 Å². The molecule has 5 rings (SSSR count). The number of morpholine rings is 1. The fraction of sp³-hybridized carbons (Fsp3) is 0.321. The monoisotopic (exact) mass is 501 g/mol. The number of ether oxygens (including phenoxy) is 1. The first-order valence-corrected chi connectivity index (χ1v) is 13.2. The number of fused-ring (bicyclic) bond motifs is 1. The molecule has 0 saturated carbocycles. The molecule has 1 unspecified atom stereocenters. The number of hydrogen-bond acceptors (Lipinski definition) is 6. The lowest BCUT2D eigenvalue weighted by atomic mass is 9.89. The Kier molecular flexibility index (Phi) is 8.17. The molecule has 7 nitrogen and oxygen atoms in total. The Labute approximate surface area is 215 Å². The molecule has 0 radical (unpaired) electrons. The highest BCUT2D eigenvalue weighted by Crippen LogP contribution is 2.28. The molecule has 1 saturated heterocycles. The van der Waals surface area contributed by atoms with Gasteiger partial charge < -0.3 is 9.64 Å². The van der Waals surface area contributed by atoms with E-state index in [1.165, 1.54) is 16.9 Å². The summed E-state index contributed by atoms with van der Waals surface area (Å²) in [6.45, 7) is 5.37. The van der Waals surface area contributed by atoms with E-state index in [1.807, 2.05) is 47.5 Å². The highest BCUT2D eigenvalue weighted by Gasteiger charge is 2.21. The van der Waals surface area contributed by atoms with Gasteiger partial charge in [-0.2, -0.15) is 0 Å². The number of pyridine rings is 1. The van der Waals surface area contributed by atoms with Gasteiger partial charge in [0.05, 0.1) is 23.4 Å². The molecule has 3 heterocycles. The SMILES string of the molecule is O=C(Nc1nc2ccccc2s1)N(CCC(c1ccccc1)c1cccnc1)CCN1CCOCC1. The first-order chi connectivity index (χ1) is 17.8. The Morgan fingerprint density at radius 2 is 1.78 bits per heavy atom. The van der Waals surface area contributed by atoms with Crippen molar-refractivity contribution in [1.82, 2.24) is 19.8 Å². The van der Waals surface area contributed by atoms with Crippen molar-refractivity contribution in [2.24, 2.45) is 0 Å². The maximum atomic E-state index is 13.5. The number of benzene rings is 2. The third-order valence-electron chi connectivity index (χ3n) is 6.56. The Bertz CT molecular complexity index is 1170. The molecule has 36 heavy (non-hydrogen) atoms. The first kappa shape index (κ1) is 24.4. The van der Waals surface area contributed by atoms with Gasteiger partial charge in [0.1, 0.15) is 0 Å². The molecule has 1 aliphatic heterocycles. The van der Waals surface area contributed by atoms with Crippen LogP contribution in [-0.4, -0.2) is 71.7 Å². The lowest BCUT2D eigenvalue weighted by Crippen LogP contribution is -2.44. The van der Waals surface area contributed by atoms with Crippen LogP contribution in [0.5, 0.6) is 0 Å². The van der Waals surface area contributed by atoms with Gasteiger partial charge in [0.15, 0.2) is 5.13 Å². The number of nitrogens with one attached hydrogen (secondary N) is 1. The Morgan fingerprint density at radius 3 is 2.56 bits per heavy atom. The van der Waals surface area contributed by atoms with Crippen molar-refractivity contribution in [3.8, 4) is 0 Å². The molecule has 0 bridgehead atoms. The van der Waals surface area contributed by atoms with Gasteiger partial charge in [0, 0.05) is 51.0 Å². The molecule has 1 fully saturated rings. The van der Waals surface area contributed by atoms with E-state index in [0.717, 1.165) is 55.0 Å². The van der Waals surface area contributed by atoms with E-state index in [1.54, 1.807) is 6.20 Å². The average molecular weight is 502 g/mol. The minimum absolute atomic E-state index is 0.111. The summed E-state index contributed by atoms with van der Waals surface area (Å²) in [6, 6.07) is 22.4. The summed E-state index contributed by atoms with van der Waals surface area (Å²) >= 11 is 1.50. The molecule has 0 aliphatic carbocycles. The standard InChI is InChI=1S/C28H31N5O2S/c34-28(31-27-30-25-10-4-5-11-26(25)36-27)33(16-15-32-17-19-35-20-18-32)14-12-24(22-7-2-1-3-8-22)23-9-6-13-29-21-23/h1-11,13,21,24H,12,14-20H2,(H,30,31,34). The zero-order chi connectivity index (χ0) is 24.6. The largest absolute Gasteiger partial charge is 0.379 e. The number of rotatable bonds is 9. The summed E-state index contributed by atoms with van der Waals surface area (Å²) in [4.78, 5) is 26.7. The highest BCUT2D eigenvalue weighted by molar-refractivity contribution is 7.22. The van der Waals surface area contributed by atoms with E-state index in [4.69, 9.17) is 4.74 Å². The minimum atomic E-state index is -0.111. The van der Waals surface area contributed by atoms with E-state index in [2.05, 4.69) is 50.5 Å². The highest BCUT2D eigenvalue weighted by atomic mass is 32.1. The smallest absolute Gasteiger partial charge is 0.323 e. The maximum Gasteiger partial charge on any atom is 0.323 e. The predicted octanol–water partition coefficient (Wildman–Crippen LogP) is 5.08. The number of anilines is 1. The summed E-state index contributed by atoms with van der Waals surface area (Å²) in [7, 11) is 0. The van der Waals surface area contributed by atoms with Crippen LogP contribution in [0, 0.1) is 0 Å². The first-order valence-electron chi connectivity index (χ1n) is 12.4. The number of urea groups is 1. The van der Waals surface area contributed by atoms with Crippen LogP contribution in [-0.2, 0) is 4.74 Å². The van der Waals surface area contributed by atoms with Crippen LogP contribution in [0.1, 0.15) is 23.5 Å². The number of para-hydroxylation sites is 1. The zero-order valence-electron chi connectivity index (χ0n) is 20.3. The summed E-state index contributed by atoms with van der Waals surface area (Å²) < 4.78 is 6.55. The minimum Gasteiger partial charge on any atom is -0.379 e. The Hall–Kier alpha value is -3.33. The van der Waals surface area contributed by atoms with Gasteiger partial charge in [-0.1, -0.05) is 59.9 Å². The number of nitrogens with zero attached hydrogens (tertiary/aromatic N) is 4. The van der Waals surface area contributed by atoms with Gasteiger partial charge in [-0.05, 0) is 35.7 Å². The molecule has 4 aromatic rings. The van der Waals surface area contributed by atoms with Gasteiger partial charge in [0.2, 0.25) is 0 Å². The maximum absolute atomic E-state index is 13.5. The molecule has 0 spiro atoms. The fourth-order valence-corrected chi connectivity index (χ4v) is 5.43. The van der Waals surface area contributed by atoms with E-state index in [0.29, 0.717) is 18.2 Å². The van der Waals surface area contributed by atoms with Crippen LogP contribution in [0.15, 0.2) is 79.1 Å². The summed E-state index contributed by atoms with van der Waals surface area (Å²) in [5.41, 5.74) is 3.28. The fourth-order valence-electron chi connectivity index (χ4n) is 4.58. The van der Waals surface area contributed by atoms with E-state index in [9.17, 15) is 4.79 Å². The van der Waals surface area contributed by atoms with Gasteiger partial charge in [0.25, 0.3) is 0 Å². The van der Waals surface area contributed by atoms with Crippen molar-refractivity contribution in [2.75, 3.05) is 51.3 Å². The number of carbonyl (C=O) groups excluding carboxylic acids is 1. The number of carbonyl (C=O) groups is 1. The number of aromatic nitrogens is 2. The third-order valence-corrected chi connectivity index (χ3v) is 7.51. The molecule has 1 N–H and O–H groups in total. The van der Waals surface area contributed by atoms with Crippen LogP contribution < -0.4 is 5.32 Å². The quantitative estimate of drug-likeness (QED) is 0.346. The van der Waals surface area contributed by atoms with Gasteiger partial charge >= 0.3 is 6.03 Å². The summed E-state index contributed by atoms with van der Waals surface area (Å²) in [5.74, 6) is 0.154. The topological polar surface area (TPSA) is 70.6 Å². The molecule has 1 atom stereocenters. The van der Waals surface area contributed by atoms with Crippen molar-refractivity contribution in [2.45, 2.75) is 12.3 Å². The van der Waals surface area contributed by atoms with Crippen molar-refractivity contribution < 1.29 is 9.53 Å². The third kappa shape index (κ3) is 6.26. The Balaban J connectivity index is 1.32. The van der Waals surface area contributed by atoms with E-state index in [-0.39, 0.29) is 11.9 Å². The molecule has 1 aliphatic rings. The molecule has 186 valence electrons. The normalized spacial score (nSPS) is 15.0. The second-order valence-electron chi connectivity index (χ2n) is 8.90. The predicted molar refractivity (Wildman–Crippen MR) is 145 cm³/mol. The number of thiazole rings is 1. The average Bonchev–Trinajstić information content (AvgIpc) is 3.34. The van der Waals surface area contributed by atoms with Gasteiger partial charge in [-0.3, -0.25) is 15.2 Å². The molecule has 8 heteroatoms. The van der Waals surface area contributed by atoms with Crippen molar-refractivity contribution in [3.05, 3.63) is 90.3 Å². The van der Waals surface area contributed by atoms with Crippen molar-refractivity contribution in [3.63, 3.8) is 0 Å². The molecule has 2 amide bonds. The molecule has 2 aromatic heterocycles. The number of hydrogen-bond donors (Lipinski definition) is 1. The van der Waals surface area contributed by atoms with Gasteiger partial charge in [-0.15, -0.1) is 0 Å². The van der Waals surface area contributed by atoms with Crippen LogP contribution >= 0.6 is 11.3 Å². The van der Waals surface area contributed by atoms with Crippen molar-refractivity contribution >= 4 is 32.7 Å². The molecular weight excluding hydrogens is 470 g/mol. The van der Waals surface area contributed by atoms with Crippen LogP contribution in [0.4, 0.5) is 9.93 Å². The molecular formula is C28H31N5O2S. The second-order valence-corrected chi connectivity index (χ2v) is 9.93. The van der Waals surface area contributed by atoms with Gasteiger partial charge in [-0.25, -0.2) is 9.78 Å². The van der Waals surface area contributed by atoms with Crippen LogP contribution in [0.25, 0.3) is 10.2 Å². The van der Waals surface area contributed by atoms with Crippen molar-refractivity contribution in [1.29, 1.82) is 0 Å². The lowest BCUT2D eigenvalue weighted by Gasteiger charge is -2.31. The van der Waals surface area contributed by atoms with E-state index >= 15 is 0 Å². The molecule has 2 aromatic carbocycles. The van der Waals surface area contributed by atoms with E-state index < -0.39 is 0 Å². The Morgan fingerprint density at radius 1 is 1.00 bits per heavy atom. The van der Waals surface area contributed by atoms with Crippen LogP contribution in [0.3, 0.4) is 0 Å². The zero-order valence-corrected chi connectivity index (χ0v) is 21.1.